The molecule has 0 N–H and O–H groups in total. The van der Waals surface area contributed by atoms with Crippen LogP contribution < -0.4 is 0 Å². The molecule has 118 valence electrons. The number of benzene rings is 1. The minimum Gasteiger partial charge on any atom is -0.460 e. The molecule has 4 nitrogen and oxygen atoms in total. The first-order chi connectivity index (χ1) is 10.7. The number of carbonyl (C=O) groups is 2. The van der Waals surface area contributed by atoms with Crippen LogP contribution in [0.1, 0.15) is 32.3 Å². The highest BCUT2D eigenvalue weighted by atomic mass is 16.6. The van der Waals surface area contributed by atoms with Crippen LogP contribution in [0, 0.1) is 11.8 Å². The van der Waals surface area contributed by atoms with Crippen molar-refractivity contribution in [2.75, 3.05) is 6.61 Å². The lowest BCUT2D eigenvalue weighted by atomic mass is 9.82. The van der Waals surface area contributed by atoms with Gasteiger partial charge in [-0.1, -0.05) is 43.7 Å². The van der Waals surface area contributed by atoms with Crippen LogP contribution in [0.4, 0.5) is 0 Å². The van der Waals surface area contributed by atoms with E-state index in [0.717, 1.165) is 18.4 Å². The summed E-state index contributed by atoms with van der Waals surface area (Å²) in [5, 5.41) is 0. The first-order valence-corrected chi connectivity index (χ1v) is 7.80. The molecule has 2 rings (SSSR count). The molecule has 0 aliphatic carbocycles. The van der Waals surface area contributed by atoms with E-state index in [4.69, 9.17) is 9.47 Å². The molecule has 4 heteroatoms. The first-order valence-electron chi connectivity index (χ1n) is 7.80. The Bertz CT molecular complexity index is 547. The van der Waals surface area contributed by atoms with Crippen LogP contribution in [0.15, 0.2) is 42.2 Å². The molecule has 1 aliphatic rings. The molecule has 0 fully saturated rings. The Kier molecular flexibility index (Phi) is 5.75. The van der Waals surface area contributed by atoms with Gasteiger partial charge in [0, 0.05) is 0 Å². The van der Waals surface area contributed by atoms with Gasteiger partial charge in [-0.3, -0.25) is 4.79 Å². The molecule has 1 aliphatic heterocycles. The summed E-state index contributed by atoms with van der Waals surface area (Å²) in [5.41, 5.74) is 1.10. The minimum atomic E-state index is -0.560. The lowest BCUT2D eigenvalue weighted by Gasteiger charge is -2.28. The topological polar surface area (TPSA) is 52.6 Å². The summed E-state index contributed by atoms with van der Waals surface area (Å²) >= 11 is 0. The van der Waals surface area contributed by atoms with Crippen LogP contribution >= 0.6 is 0 Å². The lowest BCUT2D eigenvalue weighted by Crippen LogP contribution is -2.33. The Morgan fingerprint density at radius 3 is 2.59 bits per heavy atom. The zero-order valence-electron chi connectivity index (χ0n) is 13.1. The Hall–Kier alpha value is -2.10. The largest absolute Gasteiger partial charge is 0.460 e. The van der Waals surface area contributed by atoms with Crippen LogP contribution in [0.3, 0.4) is 0 Å². The van der Waals surface area contributed by atoms with E-state index in [1.807, 2.05) is 30.3 Å². The number of cyclic esters (lactones) is 1. The Labute approximate surface area is 131 Å². The van der Waals surface area contributed by atoms with Crippen molar-refractivity contribution >= 4 is 11.9 Å². The quantitative estimate of drug-likeness (QED) is 0.757. The fraction of sp³-hybridized carbons (Fsp3) is 0.444. The van der Waals surface area contributed by atoms with Crippen molar-refractivity contribution in [3.8, 4) is 0 Å². The molecule has 22 heavy (non-hydrogen) atoms. The van der Waals surface area contributed by atoms with Gasteiger partial charge < -0.3 is 9.47 Å². The fourth-order valence-electron chi connectivity index (χ4n) is 2.74. The smallest absolute Gasteiger partial charge is 0.374 e. The molecule has 2 atom stereocenters. The molecule has 1 aromatic rings. The lowest BCUT2D eigenvalue weighted by molar-refractivity contribution is -0.156. The summed E-state index contributed by atoms with van der Waals surface area (Å²) in [6.07, 6.45) is 4.17. The molecule has 0 unspecified atom stereocenters. The Balaban J connectivity index is 2.19. The van der Waals surface area contributed by atoms with Gasteiger partial charge in [0.25, 0.3) is 0 Å². The van der Waals surface area contributed by atoms with E-state index < -0.39 is 5.97 Å². The SMILES string of the molecule is CCC[C@@H]1C=C(C(=O)OCC)OC(=O)[C@@H]1Cc1ccccc1. The van der Waals surface area contributed by atoms with Gasteiger partial charge in [-0.05, 0) is 37.3 Å². The van der Waals surface area contributed by atoms with Crippen molar-refractivity contribution in [3.63, 3.8) is 0 Å². The van der Waals surface area contributed by atoms with Gasteiger partial charge in [-0.2, -0.15) is 0 Å². The van der Waals surface area contributed by atoms with E-state index in [1.165, 1.54) is 0 Å². The molecule has 0 saturated carbocycles. The molecule has 1 aromatic carbocycles. The second-order valence-corrected chi connectivity index (χ2v) is 5.42. The standard InChI is InChI=1S/C18H22O4/c1-3-8-14-12-16(18(20)21-4-2)22-17(19)15(14)11-13-9-6-5-7-10-13/h5-7,9-10,12,14-15H,3-4,8,11H2,1-2H3/t14-,15-/m1/s1. The summed E-state index contributed by atoms with van der Waals surface area (Å²) in [6, 6.07) is 9.86. The normalized spacial score (nSPS) is 21.0. The van der Waals surface area contributed by atoms with E-state index in [9.17, 15) is 9.59 Å². The van der Waals surface area contributed by atoms with Gasteiger partial charge >= 0.3 is 11.9 Å². The third-order valence-corrected chi connectivity index (χ3v) is 3.79. The molecule has 1 heterocycles. The number of ether oxygens (including phenoxy) is 2. The minimum absolute atomic E-state index is 0.00543. The number of hydrogen-bond acceptors (Lipinski definition) is 4. The maximum absolute atomic E-state index is 12.3. The second-order valence-electron chi connectivity index (χ2n) is 5.42. The van der Waals surface area contributed by atoms with Crippen LogP contribution in [0.2, 0.25) is 0 Å². The summed E-state index contributed by atoms with van der Waals surface area (Å²) in [7, 11) is 0. The first kappa shape index (κ1) is 16.3. The molecule has 0 amide bonds. The van der Waals surface area contributed by atoms with Gasteiger partial charge in [0.2, 0.25) is 5.76 Å². The maximum Gasteiger partial charge on any atom is 0.374 e. The van der Waals surface area contributed by atoms with Gasteiger partial charge in [-0.25, -0.2) is 4.79 Å². The molecule has 0 saturated heterocycles. The zero-order chi connectivity index (χ0) is 15.9. The van der Waals surface area contributed by atoms with Crippen molar-refractivity contribution in [2.24, 2.45) is 11.8 Å². The number of hydrogen-bond donors (Lipinski definition) is 0. The average Bonchev–Trinajstić information content (AvgIpc) is 2.52. The van der Waals surface area contributed by atoms with E-state index in [0.29, 0.717) is 6.42 Å². The van der Waals surface area contributed by atoms with Crippen LogP contribution in [-0.2, 0) is 25.5 Å². The van der Waals surface area contributed by atoms with Gasteiger partial charge in [0.05, 0.1) is 12.5 Å². The van der Waals surface area contributed by atoms with Crippen LogP contribution in [0.5, 0.6) is 0 Å². The highest BCUT2D eigenvalue weighted by Crippen LogP contribution is 2.31. The van der Waals surface area contributed by atoms with Crippen LogP contribution in [0.25, 0.3) is 0 Å². The van der Waals surface area contributed by atoms with E-state index in [2.05, 4.69) is 6.92 Å². The summed E-state index contributed by atoms with van der Waals surface area (Å²) in [5.74, 6) is -1.11. The third-order valence-electron chi connectivity index (χ3n) is 3.79. The predicted molar refractivity (Wildman–Crippen MR) is 82.8 cm³/mol. The van der Waals surface area contributed by atoms with Crippen LogP contribution in [-0.4, -0.2) is 18.5 Å². The Morgan fingerprint density at radius 2 is 1.95 bits per heavy atom. The predicted octanol–water partition coefficient (Wildman–Crippen LogP) is 3.27. The number of allylic oxidation sites excluding steroid dienone is 1. The van der Waals surface area contributed by atoms with E-state index in [1.54, 1.807) is 13.0 Å². The highest BCUT2D eigenvalue weighted by molar-refractivity contribution is 5.91. The summed E-state index contributed by atoms with van der Waals surface area (Å²) in [4.78, 5) is 24.1. The number of rotatable bonds is 6. The monoisotopic (exact) mass is 302 g/mol. The summed E-state index contributed by atoms with van der Waals surface area (Å²) in [6.45, 7) is 4.06. The molecule has 0 radical (unpaired) electrons. The van der Waals surface area contributed by atoms with E-state index >= 15 is 0 Å². The van der Waals surface area contributed by atoms with Gasteiger partial charge in [-0.15, -0.1) is 0 Å². The van der Waals surface area contributed by atoms with Crippen molar-refractivity contribution < 1.29 is 19.1 Å². The second kappa shape index (κ2) is 7.78. The maximum atomic E-state index is 12.3. The molecule has 0 aromatic heterocycles. The molecular formula is C18H22O4. The number of carbonyl (C=O) groups excluding carboxylic acids is 2. The van der Waals surface area contributed by atoms with Crippen molar-refractivity contribution in [1.82, 2.24) is 0 Å². The van der Waals surface area contributed by atoms with Gasteiger partial charge in [0.15, 0.2) is 0 Å². The van der Waals surface area contributed by atoms with Crippen molar-refractivity contribution in [1.29, 1.82) is 0 Å². The molecule has 0 spiro atoms. The Morgan fingerprint density at radius 1 is 1.23 bits per heavy atom. The molecular weight excluding hydrogens is 280 g/mol. The highest BCUT2D eigenvalue weighted by Gasteiger charge is 2.35. The average molecular weight is 302 g/mol. The third kappa shape index (κ3) is 3.97. The van der Waals surface area contributed by atoms with Gasteiger partial charge in [0.1, 0.15) is 0 Å². The van der Waals surface area contributed by atoms with Crippen molar-refractivity contribution in [3.05, 3.63) is 47.7 Å². The van der Waals surface area contributed by atoms with E-state index in [-0.39, 0.29) is 30.2 Å². The molecule has 0 bridgehead atoms. The zero-order valence-corrected chi connectivity index (χ0v) is 13.1. The number of esters is 2. The summed E-state index contributed by atoms with van der Waals surface area (Å²) < 4.78 is 10.1. The van der Waals surface area contributed by atoms with Crippen molar-refractivity contribution in [2.45, 2.75) is 33.1 Å². The fourth-order valence-corrected chi connectivity index (χ4v) is 2.74.